The van der Waals surface area contributed by atoms with E-state index in [2.05, 4.69) is 0 Å². The highest BCUT2D eigenvalue weighted by molar-refractivity contribution is 5.79. The molecule has 0 fully saturated rings. The topological polar surface area (TPSA) is 59.3 Å². The predicted octanol–water partition coefficient (Wildman–Crippen LogP) is 4.05. The molecule has 126 valence electrons. The van der Waals surface area contributed by atoms with Crippen LogP contribution < -0.4 is 4.74 Å². The number of fused-ring (bicyclic) bond motifs is 1. The number of para-hydroxylation sites is 1. The smallest absolute Gasteiger partial charge is 0.324 e. The van der Waals surface area contributed by atoms with Gasteiger partial charge in [0.25, 0.3) is 0 Å². The van der Waals surface area contributed by atoms with Gasteiger partial charge in [0.05, 0.1) is 12.7 Å². The summed E-state index contributed by atoms with van der Waals surface area (Å²) in [6, 6.07) is 15.1. The summed E-state index contributed by atoms with van der Waals surface area (Å²) in [6.45, 7) is 1.90. The van der Waals surface area contributed by atoms with Crippen LogP contribution in [0.1, 0.15) is 24.0 Å². The maximum absolute atomic E-state index is 13.2. The number of esters is 1. The summed E-state index contributed by atoms with van der Waals surface area (Å²) in [4.78, 5) is 12.2. The Morgan fingerprint density at radius 3 is 2.68 bits per heavy atom. The van der Waals surface area contributed by atoms with Gasteiger partial charge in [-0.15, -0.1) is 0 Å². The van der Waals surface area contributed by atoms with E-state index in [0.29, 0.717) is 17.1 Å². The van der Waals surface area contributed by atoms with E-state index in [1.54, 1.807) is 31.2 Å². The SMILES string of the molecule is CCOC(=O)C(C#N)C1C=C(c2ccc(F)cc2)Oc2ccccc21. The molecule has 0 amide bonds. The van der Waals surface area contributed by atoms with Crippen molar-refractivity contribution in [3.63, 3.8) is 0 Å². The van der Waals surface area contributed by atoms with E-state index in [0.717, 1.165) is 5.56 Å². The van der Waals surface area contributed by atoms with E-state index in [4.69, 9.17) is 9.47 Å². The second-order valence-electron chi connectivity index (χ2n) is 5.56. The molecular weight excluding hydrogens is 321 g/mol. The van der Waals surface area contributed by atoms with Gasteiger partial charge in [-0.3, -0.25) is 4.79 Å². The molecule has 25 heavy (non-hydrogen) atoms. The Morgan fingerprint density at radius 1 is 1.28 bits per heavy atom. The lowest BCUT2D eigenvalue weighted by molar-refractivity contribution is -0.146. The van der Waals surface area contributed by atoms with Gasteiger partial charge in [0.1, 0.15) is 17.3 Å². The molecule has 1 aliphatic heterocycles. The summed E-state index contributed by atoms with van der Waals surface area (Å²) in [6.07, 6.45) is 1.72. The van der Waals surface area contributed by atoms with Crippen molar-refractivity contribution < 1.29 is 18.7 Å². The molecule has 2 aromatic carbocycles. The number of carbonyl (C=O) groups excluding carboxylic acids is 1. The van der Waals surface area contributed by atoms with Crippen molar-refractivity contribution >= 4 is 11.7 Å². The molecule has 0 aromatic heterocycles. The van der Waals surface area contributed by atoms with E-state index in [1.807, 2.05) is 24.3 Å². The highest BCUT2D eigenvalue weighted by Gasteiger charge is 2.34. The third-order valence-corrected chi connectivity index (χ3v) is 4.00. The lowest BCUT2D eigenvalue weighted by atomic mass is 9.84. The molecule has 0 saturated carbocycles. The molecule has 1 heterocycles. The van der Waals surface area contributed by atoms with Crippen LogP contribution in [0.2, 0.25) is 0 Å². The molecule has 1 aliphatic rings. The highest BCUT2D eigenvalue weighted by Crippen LogP contribution is 2.41. The van der Waals surface area contributed by atoms with Crippen LogP contribution in [0, 0.1) is 23.1 Å². The van der Waals surface area contributed by atoms with Crippen molar-refractivity contribution in [3.8, 4) is 11.8 Å². The maximum atomic E-state index is 13.2. The number of ether oxygens (including phenoxy) is 2. The van der Waals surface area contributed by atoms with Crippen molar-refractivity contribution in [1.29, 1.82) is 5.26 Å². The number of rotatable bonds is 4. The predicted molar refractivity (Wildman–Crippen MR) is 89.9 cm³/mol. The Kier molecular flexibility index (Phi) is 4.80. The molecule has 2 aromatic rings. The van der Waals surface area contributed by atoms with Crippen molar-refractivity contribution in [2.24, 2.45) is 5.92 Å². The molecule has 3 rings (SSSR count). The van der Waals surface area contributed by atoms with Gasteiger partial charge in [-0.25, -0.2) is 4.39 Å². The summed E-state index contributed by atoms with van der Waals surface area (Å²) in [5.74, 6) is -1.36. The van der Waals surface area contributed by atoms with Gasteiger partial charge in [0.2, 0.25) is 0 Å². The van der Waals surface area contributed by atoms with E-state index in [-0.39, 0.29) is 12.4 Å². The number of hydrogen-bond acceptors (Lipinski definition) is 4. The Hall–Kier alpha value is -3.13. The molecule has 0 spiro atoms. The van der Waals surface area contributed by atoms with Crippen molar-refractivity contribution in [2.75, 3.05) is 6.61 Å². The molecule has 0 saturated heterocycles. The minimum absolute atomic E-state index is 0.205. The summed E-state index contributed by atoms with van der Waals surface area (Å²) in [5.41, 5.74) is 1.41. The Bertz CT molecular complexity index is 852. The largest absolute Gasteiger partial charge is 0.465 e. The Morgan fingerprint density at radius 2 is 2.00 bits per heavy atom. The monoisotopic (exact) mass is 337 g/mol. The zero-order valence-electron chi connectivity index (χ0n) is 13.6. The molecule has 4 nitrogen and oxygen atoms in total. The molecule has 0 N–H and O–H groups in total. The first kappa shape index (κ1) is 16.7. The average Bonchev–Trinajstić information content (AvgIpc) is 2.63. The Balaban J connectivity index is 2.05. The van der Waals surface area contributed by atoms with Gasteiger partial charge in [-0.2, -0.15) is 5.26 Å². The fraction of sp³-hybridized carbons (Fsp3) is 0.200. The number of nitrogens with zero attached hydrogens (tertiary/aromatic N) is 1. The third kappa shape index (κ3) is 3.38. The van der Waals surface area contributed by atoms with Gasteiger partial charge in [0.15, 0.2) is 5.92 Å². The second kappa shape index (κ2) is 7.18. The van der Waals surface area contributed by atoms with Crippen molar-refractivity contribution in [2.45, 2.75) is 12.8 Å². The summed E-state index contributed by atoms with van der Waals surface area (Å²) < 4.78 is 24.1. The first-order chi connectivity index (χ1) is 12.1. The van der Waals surface area contributed by atoms with Crippen molar-refractivity contribution in [1.82, 2.24) is 0 Å². The summed E-state index contributed by atoms with van der Waals surface area (Å²) >= 11 is 0. The fourth-order valence-electron chi connectivity index (χ4n) is 2.81. The van der Waals surface area contributed by atoms with Crippen molar-refractivity contribution in [3.05, 3.63) is 71.6 Å². The molecule has 5 heteroatoms. The van der Waals surface area contributed by atoms with Gasteiger partial charge >= 0.3 is 5.97 Å². The first-order valence-electron chi connectivity index (χ1n) is 7.94. The zero-order chi connectivity index (χ0) is 17.8. The molecule has 0 aliphatic carbocycles. The number of benzene rings is 2. The summed E-state index contributed by atoms with van der Waals surface area (Å²) in [7, 11) is 0. The first-order valence-corrected chi connectivity index (χ1v) is 7.94. The zero-order valence-corrected chi connectivity index (χ0v) is 13.6. The number of allylic oxidation sites excluding steroid dienone is 1. The standard InChI is InChI=1S/C20H16FNO3/c1-2-24-20(23)17(12-22)16-11-19(13-7-9-14(21)10-8-13)25-18-6-4-3-5-15(16)18/h3-11,16-17H,2H2,1H3. The van der Waals surface area contributed by atoms with Crippen LogP contribution in [-0.4, -0.2) is 12.6 Å². The van der Waals surface area contributed by atoms with Gasteiger partial charge in [-0.05, 0) is 43.3 Å². The molecule has 2 unspecified atom stereocenters. The quantitative estimate of drug-likeness (QED) is 0.790. The average molecular weight is 337 g/mol. The van der Waals surface area contributed by atoms with E-state index >= 15 is 0 Å². The molecule has 0 bridgehead atoms. The van der Waals surface area contributed by atoms with Crippen LogP contribution in [0.4, 0.5) is 4.39 Å². The second-order valence-corrected chi connectivity index (χ2v) is 5.56. The van der Waals surface area contributed by atoms with Gasteiger partial charge in [-0.1, -0.05) is 18.2 Å². The number of nitriles is 1. The Labute approximate surface area is 145 Å². The van der Waals surface area contributed by atoms with E-state index < -0.39 is 17.8 Å². The van der Waals surface area contributed by atoms with Crippen LogP contribution in [0.25, 0.3) is 5.76 Å². The molecule has 2 atom stereocenters. The van der Waals surface area contributed by atoms with Gasteiger partial charge < -0.3 is 9.47 Å². The molecular formula is C20H16FNO3. The van der Waals surface area contributed by atoms with Gasteiger partial charge in [0, 0.05) is 17.0 Å². The molecule has 0 radical (unpaired) electrons. The van der Waals surface area contributed by atoms with Crippen LogP contribution in [0.3, 0.4) is 0 Å². The maximum Gasteiger partial charge on any atom is 0.324 e. The lowest BCUT2D eigenvalue weighted by Crippen LogP contribution is -2.25. The van der Waals surface area contributed by atoms with Crippen LogP contribution in [0.15, 0.2) is 54.6 Å². The fourth-order valence-corrected chi connectivity index (χ4v) is 2.81. The van der Waals surface area contributed by atoms with Crippen LogP contribution in [0.5, 0.6) is 5.75 Å². The number of halogens is 1. The minimum Gasteiger partial charge on any atom is -0.465 e. The third-order valence-electron chi connectivity index (χ3n) is 4.00. The summed E-state index contributed by atoms with van der Waals surface area (Å²) in [5, 5.41) is 9.52. The van der Waals surface area contributed by atoms with Crippen LogP contribution in [-0.2, 0) is 9.53 Å². The van der Waals surface area contributed by atoms with Crippen LogP contribution >= 0.6 is 0 Å². The van der Waals surface area contributed by atoms with E-state index in [9.17, 15) is 14.4 Å². The lowest BCUT2D eigenvalue weighted by Gasteiger charge is -2.27. The highest BCUT2D eigenvalue weighted by atomic mass is 19.1. The number of carbonyl (C=O) groups is 1. The van der Waals surface area contributed by atoms with E-state index in [1.165, 1.54) is 12.1 Å². The minimum atomic E-state index is -0.986. The number of hydrogen-bond donors (Lipinski definition) is 0. The normalized spacial score (nSPS) is 16.7.